The Labute approximate surface area is 119 Å². The van der Waals surface area contributed by atoms with E-state index in [9.17, 15) is 13.9 Å². The molecule has 0 radical (unpaired) electrons. The molecule has 0 aliphatic carbocycles. The fourth-order valence-corrected chi connectivity index (χ4v) is 2.04. The summed E-state index contributed by atoms with van der Waals surface area (Å²) >= 11 is 5.96. The molecule has 0 amide bonds. The highest BCUT2D eigenvalue weighted by Crippen LogP contribution is 2.30. The predicted molar refractivity (Wildman–Crippen MR) is 71.0 cm³/mol. The standard InChI is InChI=1S/C14H12ClF2NO2/c15-11-8-18-6-5-9(11)7-12(19)10-3-1-2-4-13(10)20-14(16)17/h1-6,8,12,14,19H,7H2. The number of aromatic nitrogens is 1. The third-order valence-electron chi connectivity index (χ3n) is 2.76. The molecule has 0 saturated heterocycles. The van der Waals surface area contributed by atoms with Crippen LogP contribution < -0.4 is 4.74 Å². The van der Waals surface area contributed by atoms with Crippen LogP contribution in [0.25, 0.3) is 0 Å². The third-order valence-corrected chi connectivity index (χ3v) is 3.10. The van der Waals surface area contributed by atoms with Gasteiger partial charge in [-0.1, -0.05) is 29.8 Å². The average Bonchev–Trinajstić information content (AvgIpc) is 2.41. The average molecular weight is 300 g/mol. The number of hydrogen-bond acceptors (Lipinski definition) is 3. The van der Waals surface area contributed by atoms with Gasteiger partial charge in [0.15, 0.2) is 0 Å². The Morgan fingerprint density at radius 3 is 2.70 bits per heavy atom. The Morgan fingerprint density at radius 1 is 1.25 bits per heavy atom. The first-order valence-electron chi connectivity index (χ1n) is 5.88. The number of pyridine rings is 1. The second-order valence-corrected chi connectivity index (χ2v) is 4.51. The van der Waals surface area contributed by atoms with Crippen LogP contribution in [0, 0.1) is 0 Å². The van der Waals surface area contributed by atoms with Gasteiger partial charge in [0.05, 0.1) is 11.1 Å². The number of nitrogens with zero attached hydrogens (tertiary/aromatic N) is 1. The summed E-state index contributed by atoms with van der Waals surface area (Å²) in [4.78, 5) is 3.84. The molecule has 1 N–H and O–H groups in total. The zero-order valence-electron chi connectivity index (χ0n) is 10.3. The lowest BCUT2D eigenvalue weighted by Gasteiger charge is -2.16. The molecule has 0 aliphatic rings. The van der Waals surface area contributed by atoms with Crippen LogP contribution in [0.5, 0.6) is 5.75 Å². The Bertz CT molecular complexity index is 581. The highest BCUT2D eigenvalue weighted by Gasteiger charge is 2.17. The molecule has 0 saturated carbocycles. The summed E-state index contributed by atoms with van der Waals surface area (Å²) in [5, 5.41) is 10.6. The van der Waals surface area contributed by atoms with Crippen LogP contribution >= 0.6 is 11.6 Å². The largest absolute Gasteiger partial charge is 0.434 e. The molecule has 1 heterocycles. The SMILES string of the molecule is OC(Cc1ccncc1Cl)c1ccccc1OC(F)F. The summed E-state index contributed by atoms with van der Waals surface area (Å²) in [5.41, 5.74) is 0.974. The van der Waals surface area contributed by atoms with Crippen molar-refractivity contribution < 1.29 is 18.6 Å². The van der Waals surface area contributed by atoms with Crippen molar-refractivity contribution in [2.75, 3.05) is 0 Å². The molecule has 0 spiro atoms. The predicted octanol–water partition coefficient (Wildman–Crippen LogP) is 3.61. The van der Waals surface area contributed by atoms with Gasteiger partial charge >= 0.3 is 6.61 Å². The zero-order chi connectivity index (χ0) is 14.5. The van der Waals surface area contributed by atoms with Crippen LogP contribution in [0.3, 0.4) is 0 Å². The van der Waals surface area contributed by atoms with E-state index in [-0.39, 0.29) is 12.2 Å². The number of halogens is 3. The van der Waals surface area contributed by atoms with E-state index in [2.05, 4.69) is 9.72 Å². The Kier molecular flexibility index (Phi) is 4.87. The monoisotopic (exact) mass is 299 g/mol. The molecule has 1 atom stereocenters. The van der Waals surface area contributed by atoms with Gasteiger partial charge in [-0.25, -0.2) is 0 Å². The van der Waals surface area contributed by atoms with Gasteiger partial charge < -0.3 is 9.84 Å². The maximum atomic E-state index is 12.3. The van der Waals surface area contributed by atoms with Crippen LogP contribution in [0.1, 0.15) is 17.2 Å². The lowest BCUT2D eigenvalue weighted by atomic mass is 10.0. The smallest absolute Gasteiger partial charge is 0.387 e. The number of hydrogen-bond donors (Lipinski definition) is 1. The molecule has 2 rings (SSSR count). The first-order valence-corrected chi connectivity index (χ1v) is 6.26. The van der Waals surface area contributed by atoms with E-state index < -0.39 is 12.7 Å². The molecular weight excluding hydrogens is 288 g/mol. The van der Waals surface area contributed by atoms with E-state index in [0.717, 1.165) is 0 Å². The lowest BCUT2D eigenvalue weighted by Crippen LogP contribution is -2.09. The van der Waals surface area contributed by atoms with Crippen molar-refractivity contribution in [1.29, 1.82) is 0 Å². The van der Waals surface area contributed by atoms with Gasteiger partial charge in [-0.15, -0.1) is 0 Å². The molecule has 2 aromatic rings. The van der Waals surface area contributed by atoms with Gasteiger partial charge in [-0.2, -0.15) is 8.78 Å². The van der Waals surface area contributed by atoms with E-state index >= 15 is 0 Å². The fourth-order valence-electron chi connectivity index (χ4n) is 1.85. The van der Waals surface area contributed by atoms with Crippen LogP contribution in [0.4, 0.5) is 8.78 Å². The minimum absolute atomic E-state index is 0.0415. The number of ether oxygens (including phenoxy) is 1. The number of alkyl halides is 2. The van der Waals surface area contributed by atoms with Crippen molar-refractivity contribution in [2.24, 2.45) is 0 Å². The minimum Gasteiger partial charge on any atom is -0.434 e. The number of aliphatic hydroxyl groups is 1. The minimum atomic E-state index is -2.94. The third kappa shape index (κ3) is 3.65. The van der Waals surface area contributed by atoms with E-state index in [1.54, 1.807) is 24.4 Å². The molecule has 3 nitrogen and oxygen atoms in total. The number of aliphatic hydroxyl groups excluding tert-OH is 1. The van der Waals surface area contributed by atoms with E-state index in [0.29, 0.717) is 16.1 Å². The first kappa shape index (κ1) is 14.7. The summed E-state index contributed by atoms with van der Waals surface area (Å²) in [5.74, 6) is -0.0415. The lowest BCUT2D eigenvalue weighted by molar-refractivity contribution is -0.0515. The number of para-hydroxylation sites is 1. The molecule has 0 bridgehead atoms. The van der Waals surface area contributed by atoms with Crippen LogP contribution in [0.2, 0.25) is 5.02 Å². The van der Waals surface area contributed by atoms with Gasteiger partial charge in [0.2, 0.25) is 0 Å². The molecule has 0 fully saturated rings. The van der Waals surface area contributed by atoms with E-state index in [4.69, 9.17) is 11.6 Å². The molecule has 1 unspecified atom stereocenters. The Balaban J connectivity index is 2.21. The van der Waals surface area contributed by atoms with Crippen LogP contribution in [-0.4, -0.2) is 16.7 Å². The van der Waals surface area contributed by atoms with Crippen molar-refractivity contribution in [2.45, 2.75) is 19.1 Å². The van der Waals surface area contributed by atoms with Gasteiger partial charge in [0, 0.05) is 24.4 Å². The molecule has 106 valence electrons. The molecule has 20 heavy (non-hydrogen) atoms. The Hall–Kier alpha value is -1.72. The summed E-state index contributed by atoms with van der Waals surface area (Å²) < 4.78 is 29.0. The van der Waals surface area contributed by atoms with Crippen molar-refractivity contribution in [1.82, 2.24) is 4.98 Å². The second-order valence-electron chi connectivity index (χ2n) is 4.10. The summed E-state index contributed by atoms with van der Waals surface area (Å²) in [6.07, 6.45) is 2.20. The topological polar surface area (TPSA) is 42.4 Å². The first-order chi connectivity index (χ1) is 9.58. The quantitative estimate of drug-likeness (QED) is 0.917. The zero-order valence-corrected chi connectivity index (χ0v) is 11.1. The van der Waals surface area contributed by atoms with Crippen LogP contribution in [-0.2, 0) is 6.42 Å². The van der Waals surface area contributed by atoms with Crippen molar-refractivity contribution >= 4 is 11.6 Å². The maximum absolute atomic E-state index is 12.3. The highest BCUT2D eigenvalue weighted by molar-refractivity contribution is 6.31. The number of rotatable bonds is 5. The molecular formula is C14H12ClF2NO2. The van der Waals surface area contributed by atoms with Crippen molar-refractivity contribution in [3.63, 3.8) is 0 Å². The fraction of sp³-hybridized carbons (Fsp3) is 0.214. The van der Waals surface area contributed by atoms with E-state index in [1.807, 2.05) is 0 Å². The van der Waals surface area contributed by atoms with Gasteiger partial charge in [-0.05, 0) is 17.7 Å². The van der Waals surface area contributed by atoms with Crippen molar-refractivity contribution in [3.8, 4) is 5.75 Å². The highest BCUT2D eigenvalue weighted by atomic mass is 35.5. The normalized spacial score (nSPS) is 12.4. The number of benzene rings is 1. The van der Waals surface area contributed by atoms with Crippen LogP contribution in [0.15, 0.2) is 42.7 Å². The summed E-state index contributed by atoms with van der Waals surface area (Å²) in [6.45, 7) is -2.94. The summed E-state index contributed by atoms with van der Waals surface area (Å²) in [7, 11) is 0. The van der Waals surface area contributed by atoms with Crippen molar-refractivity contribution in [3.05, 3.63) is 58.9 Å². The van der Waals surface area contributed by atoms with Gasteiger partial charge in [0.25, 0.3) is 0 Å². The van der Waals surface area contributed by atoms with Gasteiger partial charge in [0.1, 0.15) is 5.75 Å². The van der Waals surface area contributed by atoms with E-state index in [1.165, 1.54) is 18.3 Å². The second kappa shape index (κ2) is 6.63. The van der Waals surface area contributed by atoms with Gasteiger partial charge in [-0.3, -0.25) is 4.98 Å². The molecule has 0 aliphatic heterocycles. The maximum Gasteiger partial charge on any atom is 0.387 e. The molecule has 1 aromatic heterocycles. The molecule has 6 heteroatoms. The molecule has 1 aromatic carbocycles. The Morgan fingerprint density at radius 2 is 2.00 bits per heavy atom. The summed E-state index contributed by atoms with van der Waals surface area (Å²) in [6, 6.07) is 7.80.